The lowest BCUT2D eigenvalue weighted by atomic mass is 10.2. The van der Waals surface area contributed by atoms with Crippen LogP contribution in [-0.4, -0.2) is 12.6 Å². The van der Waals surface area contributed by atoms with Crippen molar-refractivity contribution in [1.29, 1.82) is 4.78 Å². The van der Waals surface area contributed by atoms with E-state index in [4.69, 9.17) is 9.52 Å². The van der Waals surface area contributed by atoms with E-state index in [9.17, 15) is 4.21 Å². The molecule has 2 rings (SSSR count). The van der Waals surface area contributed by atoms with Gasteiger partial charge in [-0.05, 0) is 30.9 Å². The minimum absolute atomic E-state index is 0.291. The molecule has 0 heterocycles. The second-order valence-corrected chi connectivity index (χ2v) is 6.03. The third-order valence-corrected chi connectivity index (χ3v) is 3.37. The lowest BCUT2D eigenvalue weighted by Gasteiger charge is -2.16. The highest BCUT2D eigenvalue weighted by Gasteiger charge is 2.24. The summed E-state index contributed by atoms with van der Waals surface area (Å²) in [5, 5.41) is 3.33. The molecule has 1 aromatic rings. The van der Waals surface area contributed by atoms with Crippen molar-refractivity contribution in [2.75, 3.05) is 11.9 Å². The Morgan fingerprint density at radius 3 is 2.78 bits per heavy atom. The first-order valence-electron chi connectivity index (χ1n) is 6.24. The van der Waals surface area contributed by atoms with Crippen LogP contribution in [0.1, 0.15) is 26.7 Å². The SMILES string of the molecule is CC(C)CNc1ccc([S-](=N)=O)cc1OC1CC1. The molecule has 0 radical (unpaired) electrons. The molecule has 0 atom stereocenters. The van der Waals surface area contributed by atoms with E-state index in [1.54, 1.807) is 12.1 Å². The molecule has 1 aliphatic carbocycles. The van der Waals surface area contributed by atoms with Crippen LogP contribution >= 0.6 is 0 Å². The number of hydrogen-bond donors (Lipinski definition) is 2. The second-order valence-electron chi connectivity index (χ2n) is 5.02. The number of rotatable bonds is 6. The van der Waals surface area contributed by atoms with Crippen LogP contribution in [0.15, 0.2) is 23.1 Å². The van der Waals surface area contributed by atoms with Crippen molar-refractivity contribution in [2.24, 2.45) is 5.92 Å². The Balaban J connectivity index is 2.19. The summed E-state index contributed by atoms with van der Waals surface area (Å²) in [6.07, 6.45) is 2.45. The van der Waals surface area contributed by atoms with Crippen molar-refractivity contribution in [2.45, 2.75) is 37.7 Å². The molecule has 1 saturated carbocycles. The smallest absolute Gasteiger partial charge is 0.141 e. The van der Waals surface area contributed by atoms with Crippen LogP contribution in [0.5, 0.6) is 5.75 Å². The summed E-state index contributed by atoms with van der Waals surface area (Å²) in [6.45, 7) is 5.15. The molecule has 1 aliphatic rings. The predicted octanol–water partition coefficient (Wildman–Crippen LogP) is 3.38. The third kappa shape index (κ3) is 3.63. The minimum Gasteiger partial charge on any atom is -0.488 e. The maximum Gasteiger partial charge on any atom is 0.141 e. The van der Waals surface area contributed by atoms with Gasteiger partial charge < -0.3 is 19.0 Å². The van der Waals surface area contributed by atoms with Gasteiger partial charge in [0, 0.05) is 6.54 Å². The Labute approximate surface area is 110 Å². The average Bonchev–Trinajstić information content (AvgIpc) is 3.11. The Morgan fingerprint density at radius 2 is 2.22 bits per heavy atom. The molecule has 0 aliphatic heterocycles. The molecular weight excluding hydrogens is 248 g/mol. The first-order valence-corrected chi connectivity index (χ1v) is 7.39. The van der Waals surface area contributed by atoms with E-state index in [1.165, 1.54) is 0 Å². The average molecular weight is 267 g/mol. The molecule has 0 unspecified atom stereocenters. The van der Waals surface area contributed by atoms with Crippen molar-refractivity contribution >= 4 is 16.3 Å². The summed E-state index contributed by atoms with van der Waals surface area (Å²) in [4.78, 5) is 0.487. The molecular formula is C13H19N2O2S-. The summed E-state index contributed by atoms with van der Waals surface area (Å²) >= 11 is 0. The van der Waals surface area contributed by atoms with Crippen molar-refractivity contribution in [3.05, 3.63) is 18.2 Å². The quantitative estimate of drug-likeness (QED) is 0.777. The summed E-state index contributed by atoms with van der Waals surface area (Å²) in [5.74, 6) is 1.26. The Kier molecular flexibility index (Phi) is 4.11. The molecule has 18 heavy (non-hydrogen) atoms. The molecule has 0 saturated heterocycles. The predicted molar refractivity (Wildman–Crippen MR) is 72.5 cm³/mol. The van der Waals surface area contributed by atoms with E-state index in [0.29, 0.717) is 16.9 Å². The Morgan fingerprint density at radius 1 is 1.50 bits per heavy atom. The molecule has 1 aromatic carbocycles. The van der Waals surface area contributed by atoms with Gasteiger partial charge in [-0.3, -0.25) is 0 Å². The monoisotopic (exact) mass is 267 g/mol. The highest BCUT2D eigenvalue weighted by atomic mass is 32.2. The topological polar surface area (TPSA) is 62.2 Å². The molecule has 100 valence electrons. The van der Waals surface area contributed by atoms with Gasteiger partial charge >= 0.3 is 0 Å². The van der Waals surface area contributed by atoms with E-state index in [0.717, 1.165) is 30.8 Å². The van der Waals surface area contributed by atoms with Gasteiger partial charge in [-0.25, -0.2) is 0 Å². The summed E-state index contributed by atoms with van der Waals surface area (Å²) < 4.78 is 24.2. The van der Waals surface area contributed by atoms with Crippen molar-refractivity contribution in [3.8, 4) is 5.75 Å². The molecule has 4 nitrogen and oxygen atoms in total. The Hall–Kier alpha value is -1.23. The lowest BCUT2D eigenvalue weighted by Crippen LogP contribution is -2.10. The number of hydrogen-bond acceptors (Lipinski definition) is 5. The minimum atomic E-state index is -1.71. The van der Waals surface area contributed by atoms with Gasteiger partial charge in [0.05, 0.1) is 11.8 Å². The molecule has 0 spiro atoms. The van der Waals surface area contributed by atoms with Gasteiger partial charge in [0.15, 0.2) is 0 Å². The molecule has 5 heteroatoms. The van der Waals surface area contributed by atoms with Gasteiger partial charge in [0.2, 0.25) is 0 Å². The van der Waals surface area contributed by atoms with Crippen LogP contribution in [0.25, 0.3) is 0 Å². The number of nitrogens with one attached hydrogen (secondary N) is 2. The van der Waals surface area contributed by atoms with E-state index in [2.05, 4.69) is 19.2 Å². The zero-order valence-corrected chi connectivity index (χ0v) is 11.5. The van der Waals surface area contributed by atoms with E-state index in [1.807, 2.05) is 6.07 Å². The zero-order chi connectivity index (χ0) is 13.1. The van der Waals surface area contributed by atoms with E-state index < -0.39 is 10.6 Å². The van der Waals surface area contributed by atoms with Crippen LogP contribution in [0.2, 0.25) is 0 Å². The maximum absolute atomic E-state index is 11.2. The van der Waals surface area contributed by atoms with Crippen LogP contribution in [0.3, 0.4) is 0 Å². The zero-order valence-electron chi connectivity index (χ0n) is 10.7. The highest BCUT2D eigenvalue weighted by Crippen LogP contribution is 2.33. The lowest BCUT2D eigenvalue weighted by molar-refractivity contribution is 0.304. The fraction of sp³-hybridized carbons (Fsp3) is 0.538. The summed E-state index contributed by atoms with van der Waals surface area (Å²) in [7, 11) is -1.71. The van der Waals surface area contributed by atoms with Crippen LogP contribution in [0, 0.1) is 10.7 Å². The molecule has 2 N–H and O–H groups in total. The second kappa shape index (κ2) is 5.61. The maximum atomic E-state index is 11.2. The molecule has 0 amide bonds. The van der Waals surface area contributed by atoms with E-state index >= 15 is 0 Å². The Bertz CT molecular complexity index is 486. The standard InChI is InChI=1S/C13H19N2O2S/c1-9(2)8-15-12-6-5-11(18(14)16)7-13(12)17-10-3-4-10/h5-7,9-10,14-15H,3-4,8H2,1-2H3/q-1. The molecule has 0 aromatic heterocycles. The summed E-state index contributed by atoms with van der Waals surface area (Å²) in [5.41, 5.74) is 0.921. The molecule has 1 fully saturated rings. The number of anilines is 1. The normalized spacial score (nSPS) is 15.1. The van der Waals surface area contributed by atoms with Crippen molar-refractivity contribution in [1.82, 2.24) is 0 Å². The largest absolute Gasteiger partial charge is 0.488 e. The van der Waals surface area contributed by atoms with E-state index in [-0.39, 0.29) is 0 Å². The molecule has 0 bridgehead atoms. The first-order chi connectivity index (χ1) is 8.56. The van der Waals surface area contributed by atoms with Gasteiger partial charge in [0.1, 0.15) is 5.75 Å². The third-order valence-electron chi connectivity index (χ3n) is 2.69. The fourth-order valence-electron chi connectivity index (χ4n) is 1.54. The van der Waals surface area contributed by atoms with Crippen LogP contribution in [-0.2, 0) is 14.8 Å². The summed E-state index contributed by atoms with van der Waals surface area (Å²) in [6, 6.07) is 5.28. The van der Waals surface area contributed by atoms with Crippen LogP contribution < -0.4 is 10.1 Å². The highest BCUT2D eigenvalue weighted by molar-refractivity contribution is 7.73. The van der Waals surface area contributed by atoms with Crippen LogP contribution in [0.4, 0.5) is 5.69 Å². The van der Waals surface area contributed by atoms with Gasteiger partial charge in [-0.15, -0.1) is 0 Å². The number of ether oxygens (including phenoxy) is 1. The number of benzene rings is 1. The van der Waals surface area contributed by atoms with Gasteiger partial charge in [0.25, 0.3) is 0 Å². The fourth-order valence-corrected chi connectivity index (χ4v) is 1.95. The van der Waals surface area contributed by atoms with Gasteiger partial charge in [-0.2, -0.15) is 10.6 Å². The van der Waals surface area contributed by atoms with Gasteiger partial charge in [-0.1, -0.05) is 24.8 Å². The van der Waals surface area contributed by atoms with Crippen molar-refractivity contribution < 1.29 is 8.95 Å². The van der Waals surface area contributed by atoms with Crippen molar-refractivity contribution in [3.63, 3.8) is 0 Å². The first kappa shape index (κ1) is 13.2.